The second-order valence-electron chi connectivity index (χ2n) is 8.06. The number of likely N-dealkylation sites (tertiary alicyclic amines) is 1. The molecule has 0 unspecified atom stereocenters. The number of hydrogen-bond acceptors (Lipinski definition) is 7. The number of piperidine rings is 1. The molecule has 0 amide bonds. The first-order chi connectivity index (χ1) is 13.5. The first-order valence-corrected chi connectivity index (χ1v) is 9.60. The zero-order valence-corrected chi connectivity index (χ0v) is 15.4. The van der Waals surface area contributed by atoms with E-state index in [9.17, 15) is 13.9 Å². The molecule has 1 atom stereocenters. The Morgan fingerprint density at radius 2 is 1.89 bits per heavy atom. The number of rotatable bonds is 3. The van der Waals surface area contributed by atoms with E-state index in [1.807, 2.05) is 4.90 Å². The molecule has 28 heavy (non-hydrogen) atoms. The quantitative estimate of drug-likeness (QED) is 0.859. The monoisotopic (exact) mass is 392 g/mol. The smallest absolute Gasteiger partial charge is 0.318 e. The number of halogens is 2. The molecule has 3 aliphatic rings. The molecular weight excluding hydrogens is 370 g/mol. The molecule has 0 bridgehead atoms. The van der Waals surface area contributed by atoms with E-state index in [1.54, 1.807) is 0 Å². The lowest BCUT2D eigenvalue weighted by molar-refractivity contribution is -0.0216. The molecule has 2 aromatic rings. The summed E-state index contributed by atoms with van der Waals surface area (Å²) in [6, 6.07) is 2.89. The van der Waals surface area contributed by atoms with Gasteiger partial charge in [0.2, 0.25) is 6.39 Å². The van der Waals surface area contributed by atoms with Crippen LogP contribution in [0.3, 0.4) is 0 Å². The van der Waals surface area contributed by atoms with Crippen molar-refractivity contribution in [3.05, 3.63) is 35.7 Å². The highest BCUT2D eigenvalue weighted by atomic mass is 19.2. The van der Waals surface area contributed by atoms with Crippen LogP contribution in [0.25, 0.3) is 0 Å². The number of hydrogen-bond donors (Lipinski definition) is 1. The molecule has 150 valence electrons. The molecule has 0 radical (unpaired) electrons. The SMILES string of the molecule is Oc1cc(F)c(F)cc1C1CCN([C@@H]2COC3(C2)CN(c2nnco2)C3)CC1. The fourth-order valence-electron chi connectivity index (χ4n) is 4.82. The van der Waals surface area contributed by atoms with Crippen LogP contribution in [0.4, 0.5) is 14.8 Å². The average molecular weight is 392 g/mol. The molecule has 3 aliphatic heterocycles. The van der Waals surface area contributed by atoms with Crippen LogP contribution in [0, 0.1) is 11.6 Å². The highest BCUT2D eigenvalue weighted by molar-refractivity contribution is 5.37. The van der Waals surface area contributed by atoms with Gasteiger partial charge in [-0.2, -0.15) is 0 Å². The summed E-state index contributed by atoms with van der Waals surface area (Å²) in [6.45, 7) is 3.90. The Hall–Kier alpha value is -2.26. The summed E-state index contributed by atoms with van der Waals surface area (Å²) in [7, 11) is 0. The van der Waals surface area contributed by atoms with E-state index in [2.05, 4.69) is 15.1 Å². The number of aromatic nitrogens is 2. The molecule has 4 heterocycles. The van der Waals surface area contributed by atoms with Gasteiger partial charge in [-0.3, -0.25) is 4.90 Å². The van der Waals surface area contributed by atoms with E-state index in [0.29, 0.717) is 24.2 Å². The Bertz CT molecular complexity index is 849. The van der Waals surface area contributed by atoms with E-state index < -0.39 is 11.6 Å². The fourth-order valence-corrected chi connectivity index (χ4v) is 4.82. The number of nitrogens with zero attached hydrogens (tertiary/aromatic N) is 4. The van der Waals surface area contributed by atoms with Crippen LogP contribution < -0.4 is 4.90 Å². The third kappa shape index (κ3) is 3.02. The summed E-state index contributed by atoms with van der Waals surface area (Å²) in [4.78, 5) is 4.44. The van der Waals surface area contributed by atoms with Crippen LogP contribution in [0.2, 0.25) is 0 Å². The van der Waals surface area contributed by atoms with Crippen LogP contribution in [-0.2, 0) is 4.74 Å². The van der Waals surface area contributed by atoms with Crippen LogP contribution in [0.1, 0.15) is 30.7 Å². The van der Waals surface area contributed by atoms with E-state index >= 15 is 0 Å². The number of ether oxygens (including phenoxy) is 1. The summed E-state index contributed by atoms with van der Waals surface area (Å²) in [6.07, 6.45) is 3.89. The van der Waals surface area contributed by atoms with Gasteiger partial charge in [0.15, 0.2) is 11.6 Å². The van der Waals surface area contributed by atoms with Crippen molar-refractivity contribution in [1.29, 1.82) is 0 Å². The summed E-state index contributed by atoms with van der Waals surface area (Å²) >= 11 is 0. The Balaban J connectivity index is 1.17. The van der Waals surface area contributed by atoms with E-state index in [0.717, 1.165) is 57.6 Å². The number of anilines is 1. The summed E-state index contributed by atoms with van der Waals surface area (Å²) in [5, 5.41) is 17.6. The van der Waals surface area contributed by atoms with E-state index in [1.165, 1.54) is 6.39 Å². The second-order valence-corrected chi connectivity index (χ2v) is 8.06. The maximum atomic E-state index is 13.6. The summed E-state index contributed by atoms with van der Waals surface area (Å²) in [5.74, 6) is -2.03. The topological polar surface area (TPSA) is 74.9 Å². The van der Waals surface area contributed by atoms with Crippen molar-refractivity contribution in [2.24, 2.45) is 0 Å². The molecule has 1 aromatic carbocycles. The van der Waals surface area contributed by atoms with Crippen molar-refractivity contribution >= 4 is 6.01 Å². The minimum Gasteiger partial charge on any atom is -0.508 e. The lowest BCUT2D eigenvalue weighted by atomic mass is 9.86. The fraction of sp³-hybridized carbons (Fsp3) is 0.579. The standard InChI is InChI=1S/C19H22F2N4O3/c20-15-5-14(17(26)6-16(15)21)12-1-3-24(4-2-12)13-7-19(28-8-13)9-25(10-19)18-23-22-11-27-18/h5-6,11-13,26H,1-4,7-10H2/t13-/m0/s1. The highest BCUT2D eigenvalue weighted by Gasteiger charge is 2.52. The summed E-state index contributed by atoms with van der Waals surface area (Å²) < 4.78 is 38.2. The molecule has 1 N–H and O–H groups in total. The lowest BCUT2D eigenvalue weighted by Crippen LogP contribution is -2.62. The number of benzene rings is 1. The minimum atomic E-state index is -1.01. The zero-order valence-electron chi connectivity index (χ0n) is 15.4. The Labute approximate surface area is 160 Å². The molecule has 7 nitrogen and oxygen atoms in total. The van der Waals surface area contributed by atoms with E-state index in [-0.39, 0.29) is 17.3 Å². The van der Waals surface area contributed by atoms with E-state index in [4.69, 9.17) is 9.15 Å². The predicted octanol–water partition coefficient (Wildman–Crippen LogP) is 2.28. The van der Waals surface area contributed by atoms with Gasteiger partial charge in [0.25, 0.3) is 0 Å². The number of aromatic hydroxyl groups is 1. The molecule has 3 fully saturated rings. The third-order valence-corrected chi connectivity index (χ3v) is 6.32. The molecule has 0 aliphatic carbocycles. The average Bonchev–Trinajstić information content (AvgIpc) is 3.33. The molecular formula is C19H22F2N4O3. The number of phenols is 1. The van der Waals surface area contributed by atoms with Crippen LogP contribution in [-0.4, -0.2) is 64.6 Å². The lowest BCUT2D eigenvalue weighted by Gasteiger charge is -2.46. The van der Waals surface area contributed by atoms with Gasteiger partial charge in [-0.15, -0.1) is 5.10 Å². The molecule has 1 aromatic heterocycles. The van der Waals surface area contributed by atoms with Gasteiger partial charge >= 0.3 is 6.01 Å². The van der Waals surface area contributed by atoms with Gasteiger partial charge in [-0.25, -0.2) is 8.78 Å². The maximum Gasteiger partial charge on any atom is 0.318 e. The maximum absolute atomic E-state index is 13.6. The van der Waals surface area contributed by atoms with Crippen molar-refractivity contribution in [1.82, 2.24) is 15.1 Å². The van der Waals surface area contributed by atoms with Crippen molar-refractivity contribution < 1.29 is 23.0 Å². The first-order valence-electron chi connectivity index (χ1n) is 9.60. The van der Waals surface area contributed by atoms with Crippen LogP contribution >= 0.6 is 0 Å². The van der Waals surface area contributed by atoms with Gasteiger partial charge in [-0.1, -0.05) is 5.10 Å². The van der Waals surface area contributed by atoms with Gasteiger partial charge in [-0.05, 0) is 44.3 Å². The van der Waals surface area contributed by atoms with Crippen molar-refractivity contribution in [3.8, 4) is 5.75 Å². The van der Waals surface area contributed by atoms with Gasteiger partial charge in [0, 0.05) is 17.7 Å². The normalized spacial score (nSPS) is 25.4. The predicted molar refractivity (Wildman–Crippen MR) is 95.2 cm³/mol. The van der Waals surface area contributed by atoms with Crippen molar-refractivity contribution in [3.63, 3.8) is 0 Å². The Morgan fingerprint density at radius 1 is 1.14 bits per heavy atom. The Morgan fingerprint density at radius 3 is 2.61 bits per heavy atom. The zero-order chi connectivity index (χ0) is 19.3. The highest BCUT2D eigenvalue weighted by Crippen LogP contribution is 2.41. The minimum absolute atomic E-state index is 0.0411. The molecule has 5 rings (SSSR count). The number of phenolic OH excluding ortho intramolecular Hbond substituents is 1. The third-order valence-electron chi connectivity index (χ3n) is 6.32. The Kier molecular flexibility index (Phi) is 4.24. The summed E-state index contributed by atoms with van der Waals surface area (Å²) in [5.41, 5.74) is 0.362. The van der Waals surface area contributed by atoms with Gasteiger partial charge in [0.05, 0.1) is 19.7 Å². The van der Waals surface area contributed by atoms with Gasteiger partial charge < -0.3 is 19.2 Å². The molecule has 9 heteroatoms. The second kappa shape index (κ2) is 6.66. The van der Waals surface area contributed by atoms with Crippen molar-refractivity contribution in [2.75, 3.05) is 37.7 Å². The van der Waals surface area contributed by atoms with Crippen molar-refractivity contribution in [2.45, 2.75) is 36.8 Å². The molecule has 3 saturated heterocycles. The van der Waals surface area contributed by atoms with Crippen LogP contribution in [0.15, 0.2) is 22.9 Å². The molecule has 0 saturated carbocycles. The largest absolute Gasteiger partial charge is 0.508 e. The van der Waals surface area contributed by atoms with Crippen LogP contribution in [0.5, 0.6) is 5.75 Å². The first kappa shape index (κ1) is 17.8. The van der Waals surface area contributed by atoms with Gasteiger partial charge in [0.1, 0.15) is 11.4 Å². The molecule has 1 spiro atoms.